The third-order valence-corrected chi connectivity index (χ3v) is 5.40. The fourth-order valence-corrected chi connectivity index (χ4v) is 3.95. The quantitative estimate of drug-likeness (QED) is 0.417. The van der Waals surface area contributed by atoms with E-state index in [-0.39, 0.29) is 5.91 Å². The van der Waals surface area contributed by atoms with E-state index in [1.54, 1.807) is 0 Å². The van der Waals surface area contributed by atoms with E-state index < -0.39 is 0 Å². The maximum atomic E-state index is 13.4. The highest BCUT2D eigenvalue weighted by Crippen LogP contribution is 2.24. The number of carbonyl (C=O) groups excluding carboxylic acids is 1. The lowest BCUT2D eigenvalue weighted by Crippen LogP contribution is -2.30. The second-order valence-corrected chi connectivity index (χ2v) is 7.24. The molecular weight excluding hydrogens is 358 g/mol. The van der Waals surface area contributed by atoms with Crippen molar-refractivity contribution in [1.82, 2.24) is 14.9 Å². The molecule has 0 bridgehead atoms. The third-order valence-electron chi connectivity index (χ3n) is 5.40. The van der Waals surface area contributed by atoms with Gasteiger partial charge in [0.2, 0.25) is 0 Å². The molecule has 0 saturated heterocycles. The Bertz CT molecular complexity index is 1210. The van der Waals surface area contributed by atoms with Gasteiger partial charge in [-0.05, 0) is 47.5 Å². The van der Waals surface area contributed by atoms with Crippen molar-refractivity contribution < 1.29 is 4.79 Å². The Morgan fingerprint density at radius 3 is 1.76 bits per heavy atom. The van der Waals surface area contributed by atoms with Gasteiger partial charge < -0.3 is 14.9 Å². The average molecular weight is 379 g/mol. The molecule has 0 radical (unpaired) electrons. The SMILES string of the molecule is O=C(c1ccccc1)N(Cc1cccc2[nH]ccc12)Cc1cccc2[nH]ccc12. The molecule has 2 N–H and O–H groups in total. The zero-order chi connectivity index (χ0) is 19.6. The lowest BCUT2D eigenvalue weighted by atomic mass is 10.1. The Morgan fingerprint density at radius 1 is 0.655 bits per heavy atom. The summed E-state index contributed by atoms with van der Waals surface area (Å²) in [5, 5.41) is 2.30. The molecule has 4 nitrogen and oxygen atoms in total. The number of nitrogens with one attached hydrogen (secondary N) is 2. The zero-order valence-corrected chi connectivity index (χ0v) is 15.9. The smallest absolute Gasteiger partial charge is 0.254 e. The highest BCUT2D eigenvalue weighted by atomic mass is 16.2. The van der Waals surface area contributed by atoms with Crippen molar-refractivity contribution >= 4 is 27.7 Å². The van der Waals surface area contributed by atoms with Crippen LogP contribution in [-0.4, -0.2) is 20.8 Å². The van der Waals surface area contributed by atoms with Gasteiger partial charge in [-0.25, -0.2) is 0 Å². The summed E-state index contributed by atoms with van der Waals surface area (Å²) in [7, 11) is 0. The molecule has 3 aromatic carbocycles. The lowest BCUT2D eigenvalue weighted by Gasteiger charge is -2.24. The molecular formula is C25H21N3O. The van der Waals surface area contributed by atoms with E-state index in [1.807, 2.05) is 59.8 Å². The summed E-state index contributed by atoms with van der Waals surface area (Å²) >= 11 is 0. The van der Waals surface area contributed by atoms with Crippen molar-refractivity contribution in [2.24, 2.45) is 0 Å². The summed E-state index contributed by atoms with van der Waals surface area (Å²) in [6.07, 6.45) is 3.89. The number of carbonyl (C=O) groups is 1. The number of amides is 1. The highest BCUT2D eigenvalue weighted by Gasteiger charge is 2.19. The van der Waals surface area contributed by atoms with E-state index in [0.29, 0.717) is 18.7 Å². The second-order valence-electron chi connectivity index (χ2n) is 7.24. The minimum absolute atomic E-state index is 0.0330. The van der Waals surface area contributed by atoms with Crippen molar-refractivity contribution in [2.45, 2.75) is 13.1 Å². The van der Waals surface area contributed by atoms with E-state index in [0.717, 1.165) is 32.9 Å². The fraction of sp³-hybridized carbons (Fsp3) is 0.0800. The van der Waals surface area contributed by atoms with Crippen LogP contribution in [0, 0.1) is 0 Å². The summed E-state index contributed by atoms with van der Waals surface area (Å²) < 4.78 is 0. The number of hydrogen-bond donors (Lipinski definition) is 2. The lowest BCUT2D eigenvalue weighted by molar-refractivity contribution is 0.0731. The second kappa shape index (κ2) is 7.32. The summed E-state index contributed by atoms with van der Waals surface area (Å²) in [6.45, 7) is 1.09. The van der Waals surface area contributed by atoms with Crippen molar-refractivity contribution in [3.63, 3.8) is 0 Å². The number of nitrogens with zero attached hydrogens (tertiary/aromatic N) is 1. The molecule has 0 spiro atoms. The molecule has 0 aliphatic rings. The first-order valence-corrected chi connectivity index (χ1v) is 9.74. The average Bonchev–Trinajstić information content (AvgIpc) is 3.43. The molecule has 0 aliphatic heterocycles. The van der Waals surface area contributed by atoms with Crippen LogP contribution in [0.25, 0.3) is 21.8 Å². The van der Waals surface area contributed by atoms with E-state index >= 15 is 0 Å². The Kier molecular flexibility index (Phi) is 4.37. The number of rotatable bonds is 5. The largest absolute Gasteiger partial charge is 0.361 e. The molecule has 142 valence electrons. The van der Waals surface area contributed by atoms with Crippen LogP contribution in [0.2, 0.25) is 0 Å². The summed E-state index contributed by atoms with van der Waals surface area (Å²) in [4.78, 5) is 21.9. The third kappa shape index (κ3) is 3.29. The minimum atomic E-state index is 0.0330. The van der Waals surface area contributed by atoms with E-state index in [2.05, 4.69) is 46.4 Å². The van der Waals surface area contributed by atoms with Crippen molar-refractivity contribution in [1.29, 1.82) is 0 Å². The van der Waals surface area contributed by atoms with Crippen LogP contribution in [0.4, 0.5) is 0 Å². The van der Waals surface area contributed by atoms with Crippen molar-refractivity contribution in [3.8, 4) is 0 Å². The van der Waals surface area contributed by atoms with Gasteiger partial charge in [0.05, 0.1) is 0 Å². The standard InChI is InChI=1S/C25H21N3O/c29-25(18-6-2-1-3-7-18)28(16-19-8-4-10-23-21(19)12-14-26-23)17-20-9-5-11-24-22(20)13-15-27-24/h1-15,26-27H,16-17H2. The predicted molar refractivity (Wildman–Crippen MR) is 117 cm³/mol. The van der Waals surface area contributed by atoms with Crippen molar-refractivity contribution in [2.75, 3.05) is 0 Å². The normalized spacial score (nSPS) is 11.2. The van der Waals surface area contributed by atoms with Crippen molar-refractivity contribution in [3.05, 3.63) is 108 Å². The number of aromatic nitrogens is 2. The monoisotopic (exact) mass is 379 g/mol. The maximum Gasteiger partial charge on any atom is 0.254 e. The van der Waals surface area contributed by atoms with Gasteiger partial charge in [0.15, 0.2) is 0 Å². The molecule has 29 heavy (non-hydrogen) atoms. The first-order valence-electron chi connectivity index (χ1n) is 9.74. The van der Waals surface area contributed by atoms with Crippen LogP contribution in [0.3, 0.4) is 0 Å². The molecule has 5 aromatic rings. The molecule has 0 atom stereocenters. The van der Waals surface area contributed by atoms with Crippen LogP contribution in [0.15, 0.2) is 91.3 Å². The Hall–Kier alpha value is -3.79. The molecule has 1 amide bonds. The number of benzene rings is 3. The fourth-order valence-electron chi connectivity index (χ4n) is 3.95. The Labute approximate surface area is 168 Å². The van der Waals surface area contributed by atoms with Gasteiger partial charge >= 0.3 is 0 Å². The van der Waals surface area contributed by atoms with Gasteiger partial charge in [-0.1, -0.05) is 42.5 Å². The number of H-pyrrole nitrogens is 2. The molecule has 0 fully saturated rings. The van der Waals surface area contributed by atoms with Gasteiger partial charge in [-0.15, -0.1) is 0 Å². The van der Waals surface area contributed by atoms with Gasteiger partial charge in [0.1, 0.15) is 0 Å². The molecule has 4 heteroatoms. The van der Waals surface area contributed by atoms with Gasteiger partial charge in [0, 0.05) is 52.9 Å². The number of aromatic amines is 2. The van der Waals surface area contributed by atoms with Gasteiger partial charge in [-0.3, -0.25) is 4.79 Å². The first-order chi connectivity index (χ1) is 14.3. The minimum Gasteiger partial charge on any atom is -0.361 e. The predicted octanol–water partition coefficient (Wildman–Crippen LogP) is 5.49. The Morgan fingerprint density at radius 2 is 1.21 bits per heavy atom. The molecule has 0 unspecified atom stereocenters. The number of hydrogen-bond acceptors (Lipinski definition) is 1. The Balaban J connectivity index is 1.55. The van der Waals surface area contributed by atoms with Crippen LogP contribution >= 0.6 is 0 Å². The summed E-state index contributed by atoms with van der Waals surface area (Å²) in [6, 6.07) is 26.0. The highest BCUT2D eigenvalue weighted by molar-refractivity contribution is 5.95. The molecule has 5 rings (SSSR count). The van der Waals surface area contributed by atoms with Gasteiger partial charge in [0.25, 0.3) is 5.91 Å². The van der Waals surface area contributed by atoms with E-state index in [4.69, 9.17) is 0 Å². The van der Waals surface area contributed by atoms with Crippen LogP contribution in [-0.2, 0) is 13.1 Å². The van der Waals surface area contributed by atoms with E-state index in [9.17, 15) is 4.79 Å². The molecule has 0 saturated carbocycles. The summed E-state index contributed by atoms with van der Waals surface area (Å²) in [5.41, 5.74) is 5.14. The zero-order valence-electron chi connectivity index (χ0n) is 15.9. The first kappa shape index (κ1) is 17.3. The maximum absolute atomic E-state index is 13.4. The molecule has 2 heterocycles. The van der Waals surface area contributed by atoms with Gasteiger partial charge in [-0.2, -0.15) is 0 Å². The number of fused-ring (bicyclic) bond motifs is 2. The molecule has 2 aromatic heterocycles. The van der Waals surface area contributed by atoms with Crippen LogP contribution < -0.4 is 0 Å². The van der Waals surface area contributed by atoms with E-state index in [1.165, 1.54) is 0 Å². The van der Waals surface area contributed by atoms with Crippen LogP contribution in [0.1, 0.15) is 21.5 Å². The summed E-state index contributed by atoms with van der Waals surface area (Å²) in [5.74, 6) is 0.0330. The molecule has 0 aliphatic carbocycles. The van der Waals surface area contributed by atoms with Crippen LogP contribution in [0.5, 0.6) is 0 Å². The topological polar surface area (TPSA) is 51.9 Å².